The van der Waals surface area contributed by atoms with E-state index in [1.807, 2.05) is 0 Å². The maximum atomic E-state index is 12.4. The van der Waals surface area contributed by atoms with Crippen LogP contribution in [-0.4, -0.2) is 0 Å². The molecule has 0 saturated carbocycles. The topological polar surface area (TPSA) is 0 Å². The Kier molecular flexibility index (Phi) is 3.48. The predicted molar refractivity (Wildman–Crippen MR) is 53.4 cm³/mol. The van der Waals surface area contributed by atoms with E-state index in [1.54, 1.807) is 13.0 Å². The van der Waals surface area contributed by atoms with Gasteiger partial charge in [-0.1, -0.05) is 22.0 Å². The molecule has 1 atom stereocenters. The normalized spacial score (nSPS) is 14.1. The van der Waals surface area contributed by atoms with Crippen LogP contribution in [0.4, 0.5) is 13.2 Å². The minimum Gasteiger partial charge on any atom is -0.166 e. The lowest BCUT2D eigenvalue weighted by molar-refractivity contribution is -0.138. The Labute approximate surface area is 93.2 Å². The molecule has 0 aromatic heterocycles. The minimum atomic E-state index is -4.35. The third-order valence-electron chi connectivity index (χ3n) is 1.76. The number of hydrogen-bond donors (Lipinski definition) is 0. The highest BCUT2D eigenvalue weighted by atomic mass is 79.9. The lowest BCUT2D eigenvalue weighted by Gasteiger charge is -2.11. The Morgan fingerprint density at radius 1 is 1.36 bits per heavy atom. The number of alkyl halides is 4. The lowest BCUT2D eigenvalue weighted by atomic mass is 10.1. The third kappa shape index (κ3) is 2.64. The number of rotatable bonds is 1. The molecule has 78 valence electrons. The fraction of sp³-hybridized carbons (Fsp3) is 0.333. The average Bonchev–Trinajstić information content (AvgIpc) is 2.02. The van der Waals surface area contributed by atoms with Gasteiger partial charge in [-0.15, -0.1) is 11.6 Å². The summed E-state index contributed by atoms with van der Waals surface area (Å²) in [6.45, 7) is 1.63. The van der Waals surface area contributed by atoms with Gasteiger partial charge in [0.05, 0.1) is 10.9 Å². The maximum Gasteiger partial charge on any atom is 0.417 e. The van der Waals surface area contributed by atoms with Gasteiger partial charge in [-0.25, -0.2) is 0 Å². The number of hydrogen-bond acceptors (Lipinski definition) is 0. The molecular weight excluding hydrogens is 280 g/mol. The Hall–Kier alpha value is -0.220. The van der Waals surface area contributed by atoms with Crippen LogP contribution in [0.15, 0.2) is 22.7 Å². The average molecular weight is 288 g/mol. The van der Waals surface area contributed by atoms with Crippen LogP contribution < -0.4 is 0 Å². The molecule has 0 aliphatic rings. The smallest absolute Gasteiger partial charge is 0.166 e. The van der Waals surface area contributed by atoms with E-state index < -0.39 is 17.1 Å². The van der Waals surface area contributed by atoms with Gasteiger partial charge in [0.1, 0.15) is 0 Å². The summed E-state index contributed by atoms with van der Waals surface area (Å²) in [5, 5.41) is -0.427. The molecule has 0 radical (unpaired) electrons. The highest BCUT2D eigenvalue weighted by Crippen LogP contribution is 2.36. The summed E-state index contributed by atoms with van der Waals surface area (Å²) in [6, 6.07) is 3.98. The molecule has 1 rings (SSSR count). The van der Waals surface area contributed by atoms with Crippen LogP contribution in [0.5, 0.6) is 0 Å². The molecule has 0 amide bonds. The van der Waals surface area contributed by atoms with Crippen LogP contribution in [-0.2, 0) is 6.18 Å². The second kappa shape index (κ2) is 4.11. The van der Waals surface area contributed by atoms with E-state index in [0.717, 1.165) is 6.07 Å². The van der Waals surface area contributed by atoms with Crippen LogP contribution in [0.1, 0.15) is 23.4 Å². The molecule has 14 heavy (non-hydrogen) atoms. The van der Waals surface area contributed by atoms with Gasteiger partial charge in [-0.05, 0) is 24.6 Å². The van der Waals surface area contributed by atoms with E-state index in [0.29, 0.717) is 5.56 Å². The van der Waals surface area contributed by atoms with Crippen molar-refractivity contribution in [2.24, 2.45) is 0 Å². The first-order valence-electron chi connectivity index (χ1n) is 3.83. The standard InChI is InChI=1S/C9H7BrClF3/c1-5(11)6-2-3-8(10)7(4-6)9(12,13)14/h2-5H,1H3. The summed E-state index contributed by atoms with van der Waals surface area (Å²) in [5.74, 6) is 0. The van der Waals surface area contributed by atoms with E-state index in [-0.39, 0.29) is 4.47 Å². The third-order valence-corrected chi connectivity index (χ3v) is 2.70. The van der Waals surface area contributed by atoms with Crippen LogP contribution in [0.25, 0.3) is 0 Å². The molecule has 0 N–H and O–H groups in total. The zero-order chi connectivity index (χ0) is 10.9. The van der Waals surface area contributed by atoms with Gasteiger partial charge in [0.2, 0.25) is 0 Å². The first-order valence-corrected chi connectivity index (χ1v) is 5.06. The van der Waals surface area contributed by atoms with Crippen LogP contribution in [0.3, 0.4) is 0 Å². The van der Waals surface area contributed by atoms with Gasteiger partial charge < -0.3 is 0 Å². The van der Waals surface area contributed by atoms with Crippen molar-refractivity contribution in [1.29, 1.82) is 0 Å². The molecule has 5 heteroatoms. The number of benzene rings is 1. The second-order valence-corrected chi connectivity index (χ2v) is 4.36. The van der Waals surface area contributed by atoms with E-state index in [1.165, 1.54) is 6.07 Å². The zero-order valence-corrected chi connectivity index (χ0v) is 9.54. The monoisotopic (exact) mass is 286 g/mol. The molecule has 0 spiro atoms. The van der Waals surface area contributed by atoms with Crippen LogP contribution in [0.2, 0.25) is 0 Å². The first kappa shape index (κ1) is 11.9. The molecule has 0 bridgehead atoms. The van der Waals surface area contributed by atoms with E-state index in [2.05, 4.69) is 15.9 Å². The SMILES string of the molecule is CC(Cl)c1ccc(Br)c(C(F)(F)F)c1. The molecule has 0 saturated heterocycles. The van der Waals surface area contributed by atoms with Crippen molar-refractivity contribution in [3.8, 4) is 0 Å². The molecule has 0 aliphatic heterocycles. The van der Waals surface area contributed by atoms with Crippen molar-refractivity contribution in [2.75, 3.05) is 0 Å². The van der Waals surface area contributed by atoms with E-state index in [4.69, 9.17) is 11.6 Å². The van der Waals surface area contributed by atoms with Crippen molar-refractivity contribution < 1.29 is 13.2 Å². The second-order valence-electron chi connectivity index (χ2n) is 2.85. The summed E-state index contributed by atoms with van der Waals surface area (Å²) >= 11 is 8.55. The number of halogens is 5. The zero-order valence-electron chi connectivity index (χ0n) is 7.20. The summed E-state index contributed by atoms with van der Waals surface area (Å²) in [7, 11) is 0. The van der Waals surface area contributed by atoms with Gasteiger partial charge in [-0.3, -0.25) is 0 Å². The molecule has 0 nitrogen and oxygen atoms in total. The van der Waals surface area contributed by atoms with Gasteiger partial charge in [0.25, 0.3) is 0 Å². The summed E-state index contributed by atoms with van der Waals surface area (Å²) in [5.41, 5.74) is -0.232. The largest absolute Gasteiger partial charge is 0.417 e. The molecule has 0 aliphatic carbocycles. The van der Waals surface area contributed by atoms with Crippen LogP contribution in [0, 0.1) is 0 Å². The highest BCUT2D eigenvalue weighted by molar-refractivity contribution is 9.10. The van der Waals surface area contributed by atoms with Gasteiger partial charge in [0.15, 0.2) is 0 Å². The Bertz CT molecular complexity index is 333. The van der Waals surface area contributed by atoms with Gasteiger partial charge >= 0.3 is 6.18 Å². The van der Waals surface area contributed by atoms with E-state index in [9.17, 15) is 13.2 Å². The molecule has 0 fully saturated rings. The molecular formula is C9H7BrClF3. The predicted octanol–water partition coefficient (Wildman–Crippen LogP) is 4.77. The Morgan fingerprint density at radius 2 is 1.93 bits per heavy atom. The molecule has 1 aromatic carbocycles. The fourth-order valence-corrected chi connectivity index (χ4v) is 1.61. The maximum absolute atomic E-state index is 12.4. The first-order chi connectivity index (χ1) is 6.32. The summed E-state index contributed by atoms with van der Waals surface area (Å²) < 4.78 is 37.3. The van der Waals surface area contributed by atoms with Gasteiger partial charge in [-0.2, -0.15) is 13.2 Å². The summed E-state index contributed by atoms with van der Waals surface area (Å²) in [6.07, 6.45) is -4.35. The van der Waals surface area contributed by atoms with Gasteiger partial charge in [0, 0.05) is 4.47 Å². The Morgan fingerprint density at radius 3 is 2.36 bits per heavy atom. The molecule has 1 aromatic rings. The van der Waals surface area contributed by atoms with Crippen molar-refractivity contribution >= 4 is 27.5 Å². The van der Waals surface area contributed by atoms with Crippen LogP contribution >= 0.6 is 27.5 Å². The Balaban J connectivity index is 3.22. The van der Waals surface area contributed by atoms with Crippen molar-refractivity contribution in [2.45, 2.75) is 18.5 Å². The van der Waals surface area contributed by atoms with Crippen molar-refractivity contribution in [3.63, 3.8) is 0 Å². The summed E-state index contributed by atoms with van der Waals surface area (Å²) in [4.78, 5) is 0. The van der Waals surface area contributed by atoms with Crippen molar-refractivity contribution in [3.05, 3.63) is 33.8 Å². The minimum absolute atomic E-state index is 0.0334. The van der Waals surface area contributed by atoms with E-state index >= 15 is 0 Å². The van der Waals surface area contributed by atoms with Crippen molar-refractivity contribution in [1.82, 2.24) is 0 Å². The fourth-order valence-electron chi connectivity index (χ4n) is 1.01. The quantitative estimate of drug-likeness (QED) is 0.653. The lowest BCUT2D eigenvalue weighted by Crippen LogP contribution is -2.06. The molecule has 1 unspecified atom stereocenters. The molecule has 0 heterocycles. The highest BCUT2D eigenvalue weighted by Gasteiger charge is 2.33.